The SMILES string of the molecule is Cc1cc(-c2ccc(F)cc2)n(CCCC(=O)O)c1. The summed E-state index contributed by atoms with van der Waals surface area (Å²) in [6.07, 6.45) is 2.72. The van der Waals surface area contributed by atoms with Gasteiger partial charge in [0.1, 0.15) is 5.82 Å². The van der Waals surface area contributed by atoms with Gasteiger partial charge >= 0.3 is 5.97 Å². The molecule has 1 aromatic heterocycles. The number of rotatable bonds is 5. The van der Waals surface area contributed by atoms with Crippen molar-refractivity contribution in [3.63, 3.8) is 0 Å². The van der Waals surface area contributed by atoms with Crippen LogP contribution in [0.25, 0.3) is 11.3 Å². The highest BCUT2D eigenvalue weighted by atomic mass is 19.1. The summed E-state index contributed by atoms with van der Waals surface area (Å²) in [5.74, 6) is -1.04. The number of aromatic nitrogens is 1. The van der Waals surface area contributed by atoms with Gasteiger partial charge in [0.25, 0.3) is 0 Å². The number of carbonyl (C=O) groups is 1. The fraction of sp³-hybridized carbons (Fsp3) is 0.267. The second-order valence-corrected chi connectivity index (χ2v) is 4.60. The van der Waals surface area contributed by atoms with E-state index in [4.69, 9.17) is 5.11 Å². The molecule has 100 valence electrons. The molecule has 0 aliphatic rings. The Kier molecular flexibility index (Phi) is 4.00. The van der Waals surface area contributed by atoms with Crippen LogP contribution in [-0.4, -0.2) is 15.6 Å². The minimum atomic E-state index is -0.785. The number of aliphatic carboxylic acids is 1. The molecule has 0 unspecified atom stereocenters. The van der Waals surface area contributed by atoms with E-state index in [1.807, 2.05) is 23.8 Å². The van der Waals surface area contributed by atoms with Crippen LogP contribution in [0.3, 0.4) is 0 Å². The predicted molar refractivity (Wildman–Crippen MR) is 71.4 cm³/mol. The van der Waals surface area contributed by atoms with Gasteiger partial charge in [0.05, 0.1) is 0 Å². The quantitative estimate of drug-likeness (QED) is 0.895. The summed E-state index contributed by atoms with van der Waals surface area (Å²) in [6.45, 7) is 2.63. The zero-order valence-corrected chi connectivity index (χ0v) is 10.8. The van der Waals surface area contributed by atoms with Crippen LogP contribution in [0.5, 0.6) is 0 Å². The van der Waals surface area contributed by atoms with Gasteiger partial charge in [0.2, 0.25) is 0 Å². The van der Waals surface area contributed by atoms with Crippen LogP contribution >= 0.6 is 0 Å². The number of benzene rings is 1. The summed E-state index contributed by atoms with van der Waals surface area (Å²) in [7, 11) is 0. The molecule has 1 heterocycles. The van der Waals surface area contributed by atoms with Crippen molar-refractivity contribution in [3.8, 4) is 11.3 Å². The zero-order chi connectivity index (χ0) is 13.8. The fourth-order valence-corrected chi connectivity index (χ4v) is 2.11. The van der Waals surface area contributed by atoms with Crippen LogP contribution in [0.2, 0.25) is 0 Å². The molecule has 0 aliphatic carbocycles. The molecular formula is C15H16FNO2. The van der Waals surface area contributed by atoms with Crippen molar-refractivity contribution in [1.82, 2.24) is 4.57 Å². The molecule has 1 aromatic carbocycles. The lowest BCUT2D eigenvalue weighted by atomic mass is 10.1. The van der Waals surface area contributed by atoms with Crippen LogP contribution in [0.1, 0.15) is 18.4 Å². The van der Waals surface area contributed by atoms with Crippen molar-refractivity contribution in [2.24, 2.45) is 0 Å². The van der Waals surface area contributed by atoms with Crippen molar-refractivity contribution in [2.75, 3.05) is 0 Å². The van der Waals surface area contributed by atoms with Gasteiger partial charge in [-0.25, -0.2) is 4.39 Å². The van der Waals surface area contributed by atoms with Gasteiger partial charge in [0.15, 0.2) is 0 Å². The number of carboxylic acid groups (broad SMARTS) is 1. The van der Waals surface area contributed by atoms with E-state index in [0.717, 1.165) is 16.8 Å². The monoisotopic (exact) mass is 261 g/mol. The van der Waals surface area contributed by atoms with Gasteiger partial charge in [0, 0.05) is 24.9 Å². The van der Waals surface area contributed by atoms with Crippen LogP contribution in [0.15, 0.2) is 36.5 Å². The van der Waals surface area contributed by atoms with E-state index in [9.17, 15) is 9.18 Å². The number of carboxylic acids is 1. The first-order chi connectivity index (χ1) is 9.06. The van der Waals surface area contributed by atoms with E-state index in [-0.39, 0.29) is 12.2 Å². The molecule has 0 amide bonds. The van der Waals surface area contributed by atoms with E-state index >= 15 is 0 Å². The third-order valence-corrected chi connectivity index (χ3v) is 2.96. The molecule has 19 heavy (non-hydrogen) atoms. The molecule has 0 radical (unpaired) electrons. The summed E-state index contributed by atoms with van der Waals surface area (Å²) in [6, 6.07) is 8.35. The molecule has 2 rings (SSSR count). The molecule has 3 nitrogen and oxygen atoms in total. The lowest BCUT2D eigenvalue weighted by molar-refractivity contribution is -0.137. The van der Waals surface area contributed by atoms with Crippen molar-refractivity contribution in [1.29, 1.82) is 0 Å². The normalized spacial score (nSPS) is 10.6. The van der Waals surface area contributed by atoms with Crippen molar-refractivity contribution < 1.29 is 14.3 Å². The second kappa shape index (κ2) is 5.69. The first kappa shape index (κ1) is 13.3. The second-order valence-electron chi connectivity index (χ2n) is 4.60. The van der Waals surface area contributed by atoms with Gasteiger partial charge < -0.3 is 9.67 Å². The van der Waals surface area contributed by atoms with Gasteiger partial charge in [-0.2, -0.15) is 0 Å². The first-order valence-corrected chi connectivity index (χ1v) is 6.21. The third-order valence-electron chi connectivity index (χ3n) is 2.96. The average molecular weight is 261 g/mol. The van der Waals surface area contributed by atoms with Crippen molar-refractivity contribution in [3.05, 3.63) is 47.9 Å². The number of hydrogen-bond acceptors (Lipinski definition) is 1. The van der Waals surface area contributed by atoms with E-state index in [0.29, 0.717) is 13.0 Å². The highest BCUT2D eigenvalue weighted by molar-refractivity contribution is 5.66. The van der Waals surface area contributed by atoms with Crippen molar-refractivity contribution >= 4 is 5.97 Å². The minimum Gasteiger partial charge on any atom is -0.481 e. The highest BCUT2D eigenvalue weighted by Gasteiger charge is 2.07. The van der Waals surface area contributed by atoms with Gasteiger partial charge in [-0.05, 0) is 54.8 Å². The number of nitrogens with zero attached hydrogens (tertiary/aromatic N) is 1. The van der Waals surface area contributed by atoms with Crippen LogP contribution in [0, 0.1) is 12.7 Å². The molecule has 1 N–H and O–H groups in total. The Balaban J connectivity index is 2.20. The number of aryl methyl sites for hydroxylation is 2. The van der Waals surface area contributed by atoms with Gasteiger partial charge in [-0.15, -0.1) is 0 Å². The molecule has 0 fully saturated rings. The summed E-state index contributed by atoms with van der Waals surface area (Å²) in [5.41, 5.74) is 3.03. The van der Waals surface area contributed by atoms with E-state index in [1.54, 1.807) is 12.1 Å². The fourth-order valence-electron chi connectivity index (χ4n) is 2.11. The summed E-state index contributed by atoms with van der Waals surface area (Å²) in [5, 5.41) is 8.66. The molecule has 0 bridgehead atoms. The molecule has 0 atom stereocenters. The van der Waals surface area contributed by atoms with Crippen LogP contribution in [-0.2, 0) is 11.3 Å². The Labute approximate surface area is 111 Å². The maximum Gasteiger partial charge on any atom is 0.303 e. The maximum atomic E-state index is 12.9. The minimum absolute atomic E-state index is 0.153. The van der Waals surface area contributed by atoms with Gasteiger partial charge in [-0.1, -0.05) is 0 Å². The predicted octanol–water partition coefficient (Wildman–Crippen LogP) is 3.47. The van der Waals surface area contributed by atoms with Crippen molar-refractivity contribution in [2.45, 2.75) is 26.3 Å². The highest BCUT2D eigenvalue weighted by Crippen LogP contribution is 2.23. The lowest BCUT2D eigenvalue weighted by Gasteiger charge is -2.08. The van der Waals surface area contributed by atoms with Gasteiger partial charge in [-0.3, -0.25) is 4.79 Å². The Morgan fingerprint density at radius 3 is 2.63 bits per heavy atom. The van der Waals surface area contributed by atoms with E-state index in [2.05, 4.69) is 0 Å². The molecular weight excluding hydrogens is 245 g/mol. The first-order valence-electron chi connectivity index (χ1n) is 6.21. The number of hydrogen-bond donors (Lipinski definition) is 1. The lowest BCUT2D eigenvalue weighted by Crippen LogP contribution is -2.02. The summed E-state index contributed by atoms with van der Waals surface area (Å²) >= 11 is 0. The molecule has 0 aliphatic heterocycles. The van der Waals surface area contributed by atoms with E-state index in [1.165, 1.54) is 12.1 Å². The van der Waals surface area contributed by atoms with Crippen LogP contribution < -0.4 is 0 Å². The summed E-state index contributed by atoms with van der Waals surface area (Å²) < 4.78 is 14.9. The molecule has 4 heteroatoms. The Hall–Kier alpha value is -2.10. The molecule has 2 aromatic rings. The third kappa shape index (κ3) is 3.44. The van der Waals surface area contributed by atoms with E-state index < -0.39 is 5.97 Å². The summed E-state index contributed by atoms with van der Waals surface area (Å²) in [4.78, 5) is 10.5. The molecule has 0 spiro atoms. The molecule has 0 saturated heterocycles. The number of halogens is 1. The largest absolute Gasteiger partial charge is 0.481 e. The Morgan fingerprint density at radius 2 is 2.00 bits per heavy atom. The topological polar surface area (TPSA) is 42.2 Å². The standard InChI is InChI=1S/C15H16FNO2/c1-11-9-14(12-4-6-13(16)7-5-12)17(10-11)8-2-3-15(18)19/h4-7,9-10H,2-3,8H2,1H3,(H,18,19). The average Bonchev–Trinajstić information content (AvgIpc) is 2.71. The molecule has 0 saturated carbocycles. The Morgan fingerprint density at radius 1 is 1.32 bits per heavy atom. The smallest absolute Gasteiger partial charge is 0.303 e. The zero-order valence-electron chi connectivity index (χ0n) is 10.8. The van der Waals surface area contributed by atoms with Crippen LogP contribution in [0.4, 0.5) is 4.39 Å². The maximum absolute atomic E-state index is 12.9. The Bertz CT molecular complexity index is 572.